The zero-order chi connectivity index (χ0) is 23.4. The minimum atomic E-state index is -0.461. The topological polar surface area (TPSA) is 121 Å². The number of aromatic nitrogens is 3. The van der Waals surface area contributed by atoms with Crippen LogP contribution >= 0.6 is 0 Å². The maximum Gasteiger partial charge on any atom is 0.273 e. The third-order valence-electron chi connectivity index (χ3n) is 5.65. The fraction of sp³-hybridized carbons (Fsp3) is 0.304. The first kappa shape index (κ1) is 22.4. The van der Waals surface area contributed by atoms with E-state index in [0.717, 1.165) is 25.1 Å². The van der Waals surface area contributed by atoms with Crippen LogP contribution in [0.5, 0.6) is 11.6 Å². The molecule has 1 aliphatic rings. The average molecular weight is 450 g/mol. The molecular formula is C23H27N7O3. The summed E-state index contributed by atoms with van der Waals surface area (Å²) in [7, 11) is 6.12. The molecule has 10 nitrogen and oxygen atoms in total. The zero-order valence-corrected chi connectivity index (χ0v) is 18.8. The molecule has 33 heavy (non-hydrogen) atoms. The molecule has 0 spiro atoms. The number of nitrogens with zero attached hydrogens (tertiary/aromatic N) is 4. The second kappa shape index (κ2) is 9.39. The zero-order valence-electron chi connectivity index (χ0n) is 18.8. The predicted molar refractivity (Wildman–Crippen MR) is 127 cm³/mol. The number of fused-ring (bicyclic) bond motifs is 1. The van der Waals surface area contributed by atoms with E-state index >= 15 is 0 Å². The van der Waals surface area contributed by atoms with Crippen LogP contribution < -0.4 is 15.4 Å². The molecule has 2 aromatic heterocycles. The van der Waals surface area contributed by atoms with E-state index in [-0.39, 0.29) is 11.2 Å². The molecule has 0 amide bonds. The van der Waals surface area contributed by atoms with Gasteiger partial charge in [0.1, 0.15) is 11.4 Å². The molecule has 0 aliphatic heterocycles. The summed E-state index contributed by atoms with van der Waals surface area (Å²) in [6, 6.07) is 7.81. The van der Waals surface area contributed by atoms with Gasteiger partial charge in [0.15, 0.2) is 0 Å². The van der Waals surface area contributed by atoms with Gasteiger partial charge in [-0.3, -0.25) is 10.1 Å². The van der Waals surface area contributed by atoms with Crippen molar-refractivity contribution in [1.29, 1.82) is 0 Å². The summed E-state index contributed by atoms with van der Waals surface area (Å²) >= 11 is 0. The number of ether oxygens (including phenoxy) is 1. The van der Waals surface area contributed by atoms with E-state index in [4.69, 9.17) is 4.74 Å². The van der Waals surface area contributed by atoms with Gasteiger partial charge in [0, 0.05) is 23.5 Å². The minimum Gasteiger partial charge on any atom is -0.438 e. The highest BCUT2D eigenvalue weighted by atomic mass is 16.6. The number of nitro benzene ring substituents is 1. The Morgan fingerprint density at radius 3 is 2.85 bits per heavy atom. The molecule has 3 N–H and O–H groups in total. The van der Waals surface area contributed by atoms with E-state index < -0.39 is 4.92 Å². The molecule has 172 valence electrons. The Morgan fingerprint density at radius 2 is 2.15 bits per heavy atom. The lowest BCUT2D eigenvalue weighted by Crippen LogP contribution is -2.44. The summed E-state index contributed by atoms with van der Waals surface area (Å²) in [5, 5.41) is 18.5. The molecule has 1 atom stereocenters. The summed E-state index contributed by atoms with van der Waals surface area (Å²) in [5.41, 5.74) is 1.35. The molecule has 2 heterocycles. The van der Waals surface area contributed by atoms with Crippen LogP contribution in [0.3, 0.4) is 0 Å². The Labute approximate surface area is 191 Å². The number of rotatable bonds is 9. The number of non-ortho nitro benzene ring substituents is 1. The minimum absolute atomic E-state index is 0.0509. The molecule has 0 saturated carbocycles. The molecule has 1 unspecified atom stereocenters. The number of hydrogen-bond acceptors (Lipinski definition) is 8. The quantitative estimate of drug-likeness (QED) is 0.333. The van der Waals surface area contributed by atoms with Gasteiger partial charge < -0.3 is 25.3 Å². The van der Waals surface area contributed by atoms with Crippen LogP contribution in [-0.4, -0.2) is 58.0 Å². The second-order valence-corrected chi connectivity index (χ2v) is 8.23. The Kier molecular flexibility index (Phi) is 6.38. The fourth-order valence-electron chi connectivity index (χ4n) is 3.64. The largest absolute Gasteiger partial charge is 0.438 e. The van der Waals surface area contributed by atoms with Gasteiger partial charge in [0.25, 0.3) is 5.69 Å². The van der Waals surface area contributed by atoms with Crippen LogP contribution in [0.1, 0.15) is 12.8 Å². The lowest BCUT2D eigenvalue weighted by Gasteiger charge is -2.33. The highest BCUT2D eigenvalue weighted by Crippen LogP contribution is 2.31. The van der Waals surface area contributed by atoms with Crippen molar-refractivity contribution in [1.82, 2.24) is 25.2 Å². The first-order valence-electron chi connectivity index (χ1n) is 10.6. The fourth-order valence-corrected chi connectivity index (χ4v) is 3.64. The average Bonchev–Trinajstić information content (AvgIpc) is 3.28. The number of anilines is 1. The van der Waals surface area contributed by atoms with E-state index in [1.165, 1.54) is 12.1 Å². The van der Waals surface area contributed by atoms with E-state index in [0.29, 0.717) is 28.6 Å². The summed E-state index contributed by atoms with van der Waals surface area (Å²) in [5.74, 6) is 1.000. The van der Waals surface area contributed by atoms with E-state index in [1.54, 1.807) is 24.4 Å². The van der Waals surface area contributed by atoms with Gasteiger partial charge in [0.05, 0.1) is 16.4 Å². The first-order chi connectivity index (χ1) is 15.9. The number of aromatic amines is 1. The normalized spacial score (nSPS) is 17.9. The maximum absolute atomic E-state index is 11.1. The van der Waals surface area contributed by atoms with Gasteiger partial charge in [-0.25, -0.2) is 0 Å². The molecule has 1 aliphatic carbocycles. The summed E-state index contributed by atoms with van der Waals surface area (Å²) in [6.45, 7) is 0.979. The highest BCUT2D eigenvalue weighted by Gasteiger charge is 2.26. The molecule has 10 heteroatoms. The summed E-state index contributed by atoms with van der Waals surface area (Å²) in [4.78, 5) is 24.9. The number of benzene rings is 1. The van der Waals surface area contributed by atoms with Crippen molar-refractivity contribution in [3.63, 3.8) is 0 Å². The van der Waals surface area contributed by atoms with E-state index in [1.807, 2.05) is 13.1 Å². The maximum atomic E-state index is 11.1. The van der Waals surface area contributed by atoms with Crippen LogP contribution in [0.25, 0.3) is 11.0 Å². The molecular weight excluding hydrogens is 422 g/mol. The van der Waals surface area contributed by atoms with Crippen molar-refractivity contribution < 1.29 is 9.66 Å². The van der Waals surface area contributed by atoms with Gasteiger partial charge in [-0.1, -0.05) is 18.2 Å². The standard InChI is InChI=1S/C23H27N7O3/c1-24-23(12-14-29(2)3)10-7-16(8-11-23)26-22-27-20-19(9-13-25-20)21(28-22)33-18-6-4-5-17(15-18)30(31)32/h4-10,13,15,24H,11-12,14H2,1-3H3,(H2,25,26,27,28). The van der Waals surface area contributed by atoms with Crippen molar-refractivity contribution in [2.75, 3.05) is 33.0 Å². The lowest BCUT2D eigenvalue weighted by atomic mass is 9.87. The van der Waals surface area contributed by atoms with Crippen LogP contribution in [0.4, 0.5) is 11.6 Å². The van der Waals surface area contributed by atoms with Crippen molar-refractivity contribution in [2.45, 2.75) is 18.4 Å². The number of nitrogens with one attached hydrogen (secondary N) is 3. The second-order valence-electron chi connectivity index (χ2n) is 8.23. The van der Waals surface area contributed by atoms with Crippen molar-refractivity contribution in [2.24, 2.45) is 0 Å². The van der Waals surface area contributed by atoms with E-state index in [9.17, 15) is 10.1 Å². The van der Waals surface area contributed by atoms with Crippen LogP contribution in [0.15, 0.2) is 60.5 Å². The smallest absolute Gasteiger partial charge is 0.273 e. The Bertz CT molecular complexity index is 1220. The Hall–Kier alpha value is -3.76. The summed E-state index contributed by atoms with van der Waals surface area (Å²) in [6.07, 6.45) is 9.89. The molecule has 3 aromatic rings. The van der Waals surface area contributed by atoms with Gasteiger partial charge >= 0.3 is 0 Å². The first-order valence-corrected chi connectivity index (χ1v) is 10.6. The monoisotopic (exact) mass is 449 g/mol. The lowest BCUT2D eigenvalue weighted by molar-refractivity contribution is -0.384. The van der Waals surface area contributed by atoms with Crippen molar-refractivity contribution in [3.8, 4) is 11.6 Å². The highest BCUT2D eigenvalue weighted by molar-refractivity contribution is 5.82. The molecule has 0 radical (unpaired) electrons. The van der Waals surface area contributed by atoms with Crippen molar-refractivity contribution in [3.05, 3.63) is 70.6 Å². The van der Waals surface area contributed by atoms with Crippen LogP contribution in [0, 0.1) is 10.1 Å². The molecule has 1 aromatic carbocycles. The number of allylic oxidation sites excluding steroid dienone is 1. The Morgan fingerprint density at radius 1 is 1.30 bits per heavy atom. The number of nitro groups is 1. The van der Waals surface area contributed by atoms with Gasteiger partial charge in [-0.15, -0.1) is 0 Å². The Balaban J connectivity index is 1.55. The van der Waals surface area contributed by atoms with Crippen LogP contribution in [-0.2, 0) is 0 Å². The predicted octanol–water partition coefficient (Wildman–Crippen LogP) is 3.82. The third kappa shape index (κ3) is 5.18. The molecule has 4 rings (SSSR count). The van der Waals surface area contributed by atoms with Gasteiger partial charge in [-0.2, -0.15) is 9.97 Å². The SMILES string of the molecule is CNC1(CCN(C)C)C=CC(Nc2nc(Oc3cccc([N+](=O)[O-])c3)c3cc[nH]c3n2)=CC1. The number of hydrogen-bond donors (Lipinski definition) is 3. The number of H-pyrrole nitrogens is 1. The van der Waals surface area contributed by atoms with Gasteiger partial charge in [0.2, 0.25) is 11.8 Å². The van der Waals surface area contributed by atoms with Crippen molar-refractivity contribution >= 4 is 22.7 Å². The van der Waals surface area contributed by atoms with E-state index in [2.05, 4.69) is 56.7 Å². The van der Waals surface area contributed by atoms with Crippen LogP contribution in [0.2, 0.25) is 0 Å². The molecule has 0 bridgehead atoms. The third-order valence-corrected chi connectivity index (χ3v) is 5.65. The molecule has 0 fully saturated rings. The molecule has 0 saturated heterocycles. The van der Waals surface area contributed by atoms with Gasteiger partial charge in [-0.05, 0) is 58.7 Å². The number of likely N-dealkylation sites (N-methyl/N-ethyl adjacent to an activating group) is 1. The summed E-state index contributed by atoms with van der Waals surface area (Å²) < 4.78 is 5.91.